The van der Waals surface area contributed by atoms with Crippen molar-refractivity contribution < 1.29 is 9.59 Å². The summed E-state index contributed by atoms with van der Waals surface area (Å²) in [5.74, 6) is 0.169. The summed E-state index contributed by atoms with van der Waals surface area (Å²) < 4.78 is 0. The third-order valence-electron chi connectivity index (χ3n) is 4.63. The third-order valence-corrected chi connectivity index (χ3v) is 4.63. The second kappa shape index (κ2) is 3.32. The van der Waals surface area contributed by atoms with Crippen molar-refractivity contribution in [2.75, 3.05) is 0 Å². The second-order valence-electron chi connectivity index (χ2n) is 5.78. The van der Waals surface area contributed by atoms with E-state index in [0.717, 1.165) is 23.1 Å². The Labute approximate surface area is 111 Å². The van der Waals surface area contributed by atoms with Gasteiger partial charge in [0.1, 0.15) is 0 Å². The monoisotopic (exact) mass is 250 g/mol. The molecular formula is C17H14O2. The van der Waals surface area contributed by atoms with Gasteiger partial charge < -0.3 is 0 Å². The molecule has 0 N–H and O–H groups in total. The van der Waals surface area contributed by atoms with Gasteiger partial charge in [-0.05, 0) is 37.8 Å². The number of hydrogen-bond donors (Lipinski definition) is 0. The first-order chi connectivity index (χ1) is 9.09. The second-order valence-corrected chi connectivity index (χ2v) is 5.78. The molecule has 0 bridgehead atoms. The molecule has 4 aliphatic rings. The van der Waals surface area contributed by atoms with E-state index >= 15 is 0 Å². The van der Waals surface area contributed by atoms with Gasteiger partial charge in [-0.2, -0.15) is 0 Å². The molecule has 0 aliphatic heterocycles. The van der Waals surface area contributed by atoms with Crippen LogP contribution in [0.5, 0.6) is 0 Å². The van der Waals surface area contributed by atoms with Gasteiger partial charge in [0.15, 0.2) is 11.6 Å². The van der Waals surface area contributed by atoms with E-state index in [9.17, 15) is 9.59 Å². The molecule has 0 atom stereocenters. The summed E-state index contributed by atoms with van der Waals surface area (Å²) in [4.78, 5) is 25.2. The Morgan fingerprint density at radius 3 is 2.42 bits per heavy atom. The molecule has 0 aromatic rings. The van der Waals surface area contributed by atoms with Gasteiger partial charge in [-0.15, -0.1) is 0 Å². The fourth-order valence-corrected chi connectivity index (χ4v) is 3.77. The van der Waals surface area contributed by atoms with Gasteiger partial charge in [0.25, 0.3) is 0 Å². The van der Waals surface area contributed by atoms with Crippen LogP contribution in [0.1, 0.15) is 33.1 Å². The van der Waals surface area contributed by atoms with E-state index in [2.05, 4.69) is 13.8 Å². The quantitative estimate of drug-likeness (QED) is 0.619. The minimum absolute atomic E-state index is 0.0772. The van der Waals surface area contributed by atoms with E-state index in [1.54, 1.807) is 0 Å². The van der Waals surface area contributed by atoms with Crippen LogP contribution in [0.4, 0.5) is 0 Å². The predicted octanol–water partition coefficient (Wildman–Crippen LogP) is 3.13. The zero-order valence-corrected chi connectivity index (χ0v) is 11.1. The van der Waals surface area contributed by atoms with Gasteiger partial charge in [-0.3, -0.25) is 9.59 Å². The SMILES string of the molecule is CC1=C2CC3=C(C(=O)C4=C(C=CC4)C3=O)C2=C(C)C1. The molecule has 0 heterocycles. The summed E-state index contributed by atoms with van der Waals surface area (Å²) in [6.07, 6.45) is 5.95. The number of carbonyl (C=O) groups is 2. The lowest BCUT2D eigenvalue weighted by Gasteiger charge is -2.16. The molecule has 0 saturated heterocycles. The van der Waals surface area contributed by atoms with Crippen molar-refractivity contribution in [2.45, 2.75) is 33.1 Å². The minimum atomic E-state index is 0.0772. The van der Waals surface area contributed by atoms with Crippen molar-refractivity contribution in [3.05, 3.63) is 56.7 Å². The van der Waals surface area contributed by atoms with Crippen LogP contribution in [-0.2, 0) is 9.59 Å². The number of ketones is 2. The maximum Gasteiger partial charge on any atom is 0.191 e. The van der Waals surface area contributed by atoms with Crippen molar-refractivity contribution in [3.8, 4) is 0 Å². The molecule has 0 aromatic heterocycles. The van der Waals surface area contributed by atoms with Crippen LogP contribution < -0.4 is 0 Å². The Hall–Kier alpha value is -1.96. The Kier molecular flexibility index (Phi) is 1.91. The fourth-order valence-electron chi connectivity index (χ4n) is 3.77. The third kappa shape index (κ3) is 1.17. The molecule has 19 heavy (non-hydrogen) atoms. The highest BCUT2D eigenvalue weighted by atomic mass is 16.1. The van der Waals surface area contributed by atoms with Crippen molar-refractivity contribution in [2.24, 2.45) is 0 Å². The lowest BCUT2D eigenvalue weighted by molar-refractivity contribution is -0.116. The Balaban J connectivity index is 1.95. The fraction of sp³-hybridized carbons (Fsp3) is 0.294. The van der Waals surface area contributed by atoms with Crippen molar-refractivity contribution in [3.63, 3.8) is 0 Å². The van der Waals surface area contributed by atoms with Crippen LogP contribution in [0.25, 0.3) is 0 Å². The highest BCUT2D eigenvalue weighted by Crippen LogP contribution is 2.50. The number of allylic oxidation sites excluding steroid dienone is 10. The van der Waals surface area contributed by atoms with Crippen LogP contribution in [-0.4, -0.2) is 11.6 Å². The van der Waals surface area contributed by atoms with E-state index in [1.807, 2.05) is 12.2 Å². The van der Waals surface area contributed by atoms with Crippen LogP contribution in [0.2, 0.25) is 0 Å². The van der Waals surface area contributed by atoms with E-state index in [-0.39, 0.29) is 11.6 Å². The van der Waals surface area contributed by atoms with E-state index in [1.165, 1.54) is 16.7 Å². The Morgan fingerprint density at radius 1 is 0.842 bits per heavy atom. The summed E-state index contributed by atoms with van der Waals surface area (Å²) >= 11 is 0. The predicted molar refractivity (Wildman–Crippen MR) is 72.5 cm³/mol. The summed E-state index contributed by atoms with van der Waals surface area (Å²) in [5.41, 5.74) is 7.68. The van der Waals surface area contributed by atoms with Gasteiger partial charge in [-0.25, -0.2) is 0 Å². The number of rotatable bonds is 0. The lowest BCUT2D eigenvalue weighted by Crippen LogP contribution is -2.20. The number of hydrogen-bond acceptors (Lipinski definition) is 2. The standard InChI is InChI=1S/C17H14O2/c1-8-6-9(2)14-12(8)7-13-15(14)17(19)11-5-3-4-10(11)16(13)18/h3-4H,5-7H2,1-2H3. The molecule has 0 aromatic carbocycles. The zero-order chi connectivity index (χ0) is 13.3. The summed E-state index contributed by atoms with van der Waals surface area (Å²) in [5, 5.41) is 0. The van der Waals surface area contributed by atoms with Crippen molar-refractivity contribution in [1.82, 2.24) is 0 Å². The van der Waals surface area contributed by atoms with Gasteiger partial charge >= 0.3 is 0 Å². The van der Waals surface area contributed by atoms with Crippen LogP contribution in [0, 0.1) is 0 Å². The average molecular weight is 250 g/mol. The van der Waals surface area contributed by atoms with Crippen LogP contribution in [0.15, 0.2) is 56.7 Å². The van der Waals surface area contributed by atoms with E-state index < -0.39 is 0 Å². The first-order valence-corrected chi connectivity index (χ1v) is 6.71. The molecular weight excluding hydrogens is 236 g/mol. The largest absolute Gasteiger partial charge is 0.289 e. The first-order valence-electron chi connectivity index (χ1n) is 6.71. The van der Waals surface area contributed by atoms with Gasteiger partial charge in [0.05, 0.1) is 0 Å². The van der Waals surface area contributed by atoms with Crippen molar-refractivity contribution in [1.29, 1.82) is 0 Å². The maximum absolute atomic E-state index is 12.7. The van der Waals surface area contributed by atoms with Crippen molar-refractivity contribution >= 4 is 11.6 Å². The van der Waals surface area contributed by atoms with Gasteiger partial charge in [-0.1, -0.05) is 23.3 Å². The van der Waals surface area contributed by atoms with Crippen LogP contribution >= 0.6 is 0 Å². The molecule has 2 heteroatoms. The number of carbonyl (C=O) groups excluding carboxylic acids is 2. The normalized spacial score (nSPS) is 24.9. The number of Topliss-reactive ketones (excluding diaryl/α,β-unsaturated/α-hetero) is 2. The molecule has 4 rings (SSSR count). The summed E-state index contributed by atoms with van der Waals surface area (Å²) in [6.45, 7) is 4.19. The molecule has 0 radical (unpaired) electrons. The maximum atomic E-state index is 12.7. The van der Waals surface area contributed by atoms with Gasteiger partial charge in [0, 0.05) is 28.7 Å². The molecule has 2 nitrogen and oxygen atoms in total. The van der Waals surface area contributed by atoms with E-state index in [0.29, 0.717) is 24.0 Å². The van der Waals surface area contributed by atoms with Gasteiger partial charge in [0.2, 0.25) is 0 Å². The average Bonchev–Trinajstić information content (AvgIpc) is 3.04. The summed E-state index contributed by atoms with van der Waals surface area (Å²) in [7, 11) is 0. The molecule has 0 unspecified atom stereocenters. The Bertz CT molecular complexity index is 733. The topological polar surface area (TPSA) is 34.1 Å². The molecule has 0 saturated carbocycles. The zero-order valence-electron chi connectivity index (χ0n) is 11.1. The minimum Gasteiger partial charge on any atom is -0.289 e. The molecule has 0 spiro atoms. The summed E-state index contributed by atoms with van der Waals surface area (Å²) in [6, 6.07) is 0. The first kappa shape index (κ1) is 10.9. The molecule has 0 fully saturated rings. The highest BCUT2D eigenvalue weighted by Gasteiger charge is 2.43. The molecule has 4 aliphatic carbocycles. The molecule has 0 amide bonds. The van der Waals surface area contributed by atoms with E-state index in [4.69, 9.17) is 0 Å². The smallest absolute Gasteiger partial charge is 0.191 e. The Morgan fingerprint density at radius 2 is 1.63 bits per heavy atom. The lowest BCUT2D eigenvalue weighted by atomic mass is 9.85. The van der Waals surface area contributed by atoms with Crippen LogP contribution in [0.3, 0.4) is 0 Å². The molecule has 94 valence electrons. The highest BCUT2D eigenvalue weighted by molar-refractivity contribution is 6.30. The number of fused-ring (bicyclic) bond motifs is 2.